The molecule has 0 saturated heterocycles. The van der Waals surface area contributed by atoms with Gasteiger partial charge in [0.05, 0.1) is 6.10 Å². The molecule has 0 saturated carbocycles. The van der Waals surface area contributed by atoms with Crippen molar-refractivity contribution in [3.63, 3.8) is 0 Å². The normalized spacial score (nSPS) is 13.2. The molecule has 0 unspecified atom stereocenters. The van der Waals surface area contributed by atoms with Crippen molar-refractivity contribution in [3.8, 4) is 0 Å². The lowest BCUT2D eigenvalue weighted by Gasteiger charge is -2.18. The van der Waals surface area contributed by atoms with E-state index in [9.17, 15) is 5.11 Å². The van der Waals surface area contributed by atoms with Crippen molar-refractivity contribution in [3.05, 3.63) is 0 Å². The van der Waals surface area contributed by atoms with E-state index in [-0.39, 0.29) is 6.10 Å². The van der Waals surface area contributed by atoms with E-state index in [1.807, 2.05) is 6.92 Å². The second-order valence-electron chi connectivity index (χ2n) is 5.65. The van der Waals surface area contributed by atoms with Crippen LogP contribution in [0.1, 0.15) is 91.4 Å². The third-order valence-electron chi connectivity index (χ3n) is 3.61. The molecule has 0 heterocycles. The van der Waals surface area contributed by atoms with E-state index in [1.165, 1.54) is 64.2 Å². The van der Waals surface area contributed by atoms with Gasteiger partial charge < -0.3 is 5.11 Å². The van der Waals surface area contributed by atoms with Gasteiger partial charge in [-0.15, -0.1) is 0 Å². The van der Waals surface area contributed by atoms with Crippen LogP contribution >= 0.6 is 0 Å². The van der Waals surface area contributed by atoms with Gasteiger partial charge in [0.15, 0.2) is 0 Å². The Balaban J connectivity index is 3.64. The molecule has 0 aliphatic rings. The average Bonchev–Trinajstić information content (AvgIpc) is 2.29. The van der Waals surface area contributed by atoms with E-state index in [4.69, 9.17) is 0 Å². The van der Waals surface area contributed by atoms with Gasteiger partial charge in [0, 0.05) is 0 Å². The first-order valence-corrected chi connectivity index (χ1v) is 7.88. The lowest BCUT2D eigenvalue weighted by molar-refractivity contribution is 0.152. The van der Waals surface area contributed by atoms with Gasteiger partial charge in [0.2, 0.25) is 0 Å². The maximum Gasteiger partial charge on any atom is 0.0514 e. The zero-order chi connectivity index (χ0) is 12.9. The van der Waals surface area contributed by atoms with Crippen molar-refractivity contribution in [1.29, 1.82) is 0 Å². The van der Waals surface area contributed by atoms with E-state index in [1.54, 1.807) is 0 Å². The summed E-state index contributed by atoms with van der Waals surface area (Å²) in [6.07, 6.45) is 14.4. The van der Waals surface area contributed by atoms with Crippen LogP contribution in [0.25, 0.3) is 0 Å². The summed E-state index contributed by atoms with van der Waals surface area (Å²) in [5.41, 5.74) is 0. The largest absolute Gasteiger partial charge is 0.393 e. The van der Waals surface area contributed by atoms with Gasteiger partial charge in [-0.25, -0.2) is 0 Å². The van der Waals surface area contributed by atoms with Crippen LogP contribution in [0.4, 0.5) is 0 Å². The summed E-state index contributed by atoms with van der Waals surface area (Å²) < 4.78 is 0. The third-order valence-corrected chi connectivity index (χ3v) is 3.61. The van der Waals surface area contributed by atoms with Crippen molar-refractivity contribution in [1.82, 2.24) is 0 Å². The van der Waals surface area contributed by atoms with Crippen LogP contribution in [0.3, 0.4) is 0 Å². The van der Waals surface area contributed by atoms with E-state index >= 15 is 0 Å². The molecule has 104 valence electrons. The molecule has 0 spiro atoms. The predicted octanol–water partition coefficient (Wildman–Crippen LogP) is 5.31. The minimum absolute atomic E-state index is 0.114. The lowest BCUT2D eigenvalue weighted by atomic mass is 9.90. The Kier molecular flexibility index (Phi) is 12.4. The van der Waals surface area contributed by atoms with Gasteiger partial charge in [-0.3, -0.25) is 0 Å². The Morgan fingerprint density at radius 3 is 1.59 bits per heavy atom. The summed E-state index contributed by atoms with van der Waals surface area (Å²) in [6.45, 7) is 6.46. The molecule has 0 radical (unpaired) electrons. The van der Waals surface area contributed by atoms with Gasteiger partial charge in [0.25, 0.3) is 0 Å². The molecule has 1 nitrogen and oxygen atoms in total. The molecule has 0 aliphatic heterocycles. The van der Waals surface area contributed by atoms with Crippen LogP contribution in [-0.2, 0) is 0 Å². The highest BCUT2D eigenvalue weighted by atomic mass is 16.3. The number of rotatable bonds is 12. The van der Waals surface area contributed by atoms with E-state index in [2.05, 4.69) is 13.8 Å². The Morgan fingerprint density at radius 2 is 1.24 bits per heavy atom. The number of aliphatic hydroxyl groups excluding tert-OH is 1. The Labute approximate surface area is 109 Å². The molecule has 17 heavy (non-hydrogen) atoms. The van der Waals surface area contributed by atoms with Gasteiger partial charge in [-0.1, -0.05) is 78.1 Å². The lowest BCUT2D eigenvalue weighted by Crippen LogP contribution is -2.10. The van der Waals surface area contributed by atoms with E-state index in [0.717, 1.165) is 12.3 Å². The summed E-state index contributed by atoms with van der Waals surface area (Å²) in [4.78, 5) is 0. The Hall–Kier alpha value is -0.0400. The topological polar surface area (TPSA) is 20.2 Å². The molecule has 1 N–H and O–H groups in total. The second-order valence-corrected chi connectivity index (χ2v) is 5.65. The molecule has 0 aromatic rings. The monoisotopic (exact) mass is 242 g/mol. The first kappa shape index (κ1) is 17.0. The molecule has 0 rings (SSSR count). The summed E-state index contributed by atoms with van der Waals surface area (Å²) in [6, 6.07) is 0. The summed E-state index contributed by atoms with van der Waals surface area (Å²) in [5, 5.41) is 9.53. The second kappa shape index (κ2) is 12.4. The molecule has 0 fully saturated rings. The number of hydrogen-bond acceptors (Lipinski definition) is 1. The highest BCUT2D eigenvalue weighted by Gasteiger charge is 2.11. The summed E-state index contributed by atoms with van der Waals surface area (Å²) in [7, 11) is 0. The number of hydrogen-bond donors (Lipinski definition) is 1. The van der Waals surface area contributed by atoms with Crippen LogP contribution in [-0.4, -0.2) is 11.2 Å². The zero-order valence-corrected chi connectivity index (χ0v) is 12.4. The fourth-order valence-electron chi connectivity index (χ4n) is 2.58. The summed E-state index contributed by atoms with van der Waals surface area (Å²) >= 11 is 0. The molecule has 0 aromatic carbocycles. The highest BCUT2D eigenvalue weighted by molar-refractivity contribution is 4.63. The number of aliphatic hydroxyl groups is 1. The van der Waals surface area contributed by atoms with Crippen LogP contribution < -0.4 is 0 Å². The molecule has 1 heteroatoms. The molecule has 0 aliphatic carbocycles. The molecule has 1 atom stereocenters. The van der Waals surface area contributed by atoms with Gasteiger partial charge in [-0.05, 0) is 19.3 Å². The van der Waals surface area contributed by atoms with Crippen molar-refractivity contribution < 1.29 is 5.11 Å². The summed E-state index contributed by atoms with van der Waals surface area (Å²) in [5.74, 6) is 0.767. The average molecular weight is 242 g/mol. The van der Waals surface area contributed by atoms with Crippen molar-refractivity contribution in [2.75, 3.05) is 0 Å². The van der Waals surface area contributed by atoms with Gasteiger partial charge >= 0.3 is 0 Å². The minimum atomic E-state index is -0.114. The van der Waals surface area contributed by atoms with Crippen molar-refractivity contribution in [2.45, 2.75) is 97.5 Å². The fraction of sp³-hybridized carbons (Fsp3) is 1.00. The quantitative estimate of drug-likeness (QED) is 0.460. The maximum atomic E-state index is 9.53. The van der Waals surface area contributed by atoms with E-state index in [0.29, 0.717) is 0 Å². The SMILES string of the molecule is CCCCCCC(CCCCCC)C[C@H](C)O. The molecule has 0 aromatic heterocycles. The van der Waals surface area contributed by atoms with Crippen molar-refractivity contribution in [2.24, 2.45) is 5.92 Å². The molecular weight excluding hydrogens is 208 g/mol. The fourth-order valence-corrected chi connectivity index (χ4v) is 2.58. The van der Waals surface area contributed by atoms with Crippen molar-refractivity contribution >= 4 is 0 Å². The minimum Gasteiger partial charge on any atom is -0.393 e. The van der Waals surface area contributed by atoms with Crippen LogP contribution in [0.2, 0.25) is 0 Å². The van der Waals surface area contributed by atoms with Crippen LogP contribution in [0, 0.1) is 5.92 Å². The van der Waals surface area contributed by atoms with E-state index < -0.39 is 0 Å². The van der Waals surface area contributed by atoms with Gasteiger partial charge in [-0.2, -0.15) is 0 Å². The highest BCUT2D eigenvalue weighted by Crippen LogP contribution is 2.22. The maximum absolute atomic E-state index is 9.53. The molecule has 0 amide bonds. The first-order chi connectivity index (χ1) is 8.20. The van der Waals surface area contributed by atoms with Crippen LogP contribution in [0.15, 0.2) is 0 Å². The predicted molar refractivity (Wildman–Crippen MR) is 77.3 cm³/mol. The Bertz CT molecular complexity index is 130. The Morgan fingerprint density at radius 1 is 0.765 bits per heavy atom. The number of unbranched alkanes of at least 4 members (excludes halogenated alkanes) is 6. The third kappa shape index (κ3) is 12.2. The standard InChI is InChI=1S/C16H34O/c1-4-6-8-10-12-16(14-15(3)17)13-11-9-7-5-2/h15-17H,4-14H2,1-3H3/t15-/m0/s1. The molecular formula is C16H34O. The smallest absolute Gasteiger partial charge is 0.0514 e. The van der Waals surface area contributed by atoms with Gasteiger partial charge in [0.1, 0.15) is 0 Å². The van der Waals surface area contributed by atoms with Crippen LogP contribution in [0.5, 0.6) is 0 Å². The first-order valence-electron chi connectivity index (χ1n) is 7.88. The molecule has 0 bridgehead atoms. The zero-order valence-electron chi connectivity index (χ0n) is 12.4.